The number of rotatable bonds is 10. The summed E-state index contributed by atoms with van der Waals surface area (Å²) in [4.78, 5) is 12.4. The van der Waals surface area contributed by atoms with E-state index in [0.29, 0.717) is 35.5 Å². The fourth-order valence-electron chi connectivity index (χ4n) is 1.95. The molecule has 0 spiro atoms. The summed E-state index contributed by atoms with van der Waals surface area (Å²) >= 11 is 2.76. The molecule has 0 fully saturated rings. The first-order valence-electron chi connectivity index (χ1n) is 7.83. The number of amides is 1. The van der Waals surface area contributed by atoms with Crippen LogP contribution >= 0.6 is 23.1 Å². The molecule has 10 heteroatoms. The Hall–Kier alpha value is -2.04. The van der Waals surface area contributed by atoms with E-state index < -0.39 is 0 Å². The second kappa shape index (κ2) is 10.2. The Morgan fingerprint density at radius 2 is 2.00 bits per heavy atom. The van der Waals surface area contributed by atoms with Crippen molar-refractivity contribution in [3.63, 3.8) is 0 Å². The van der Waals surface area contributed by atoms with Crippen LogP contribution in [0.25, 0.3) is 0 Å². The molecule has 2 rings (SSSR count). The van der Waals surface area contributed by atoms with Crippen molar-refractivity contribution >= 4 is 39.8 Å². The van der Waals surface area contributed by atoms with Crippen molar-refractivity contribution in [1.82, 2.24) is 10.2 Å². The van der Waals surface area contributed by atoms with E-state index in [1.165, 1.54) is 23.1 Å². The summed E-state index contributed by atoms with van der Waals surface area (Å²) in [7, 11) is 4.76. The number of benzene rings is 1. The van der Waals surface area contributed by atoms with E-state index in [1.807, 2.05) is 6.92 Å². The summed E-state index contributed by atoms with van der Waals surface area (Å²) in [5.74, 6) is 1.03. The molecule has 0 saturated carbocycles. The van der Waals surface area contributed by atoms with Crippen LogP contribution in [0.4, 0.5) is 10.8 Å². The summed E-state index contributed by atoms with van der Waals surface area (Å²) in [5.41, 5.74) is 0.638. The van der Waals surface area contributed by atoms with Gasteiger partial charge in [0.1, 0.15) is 0 Å². The molecule has 1 aromatic carbocycles. The van der Waals surface area contributed by atoms with Gasteiger partial charge in [-0.1, -0.05) is 23.1 Å². The van der Waals surface area contributed by atoms with Gasteiger partial charge in [-0.15, -0.1) is 10.2 Å². The minimum Gasteiger partial charge on any atom is -0.493 e. The zero-order valence-corrected chi connectivity index (χ0v) is 16.7. The van der Waals surface area contributed by atoms with Gasteiger partial charge in [0.25, 0.3) is 0 Å². The van der Waals surface area contributed by atoms with Crippen LogP contribution in [-0.2, 0) is 9.53 Å². The lowest BCUT2D eigenvalue weighted by Crippen LogP contribution is -2.22. The fraction of sp³-hybridized carbons (Fsp3) is 0.438. The molecule has 26 heavy (non-hydrogen) atoms. The number of hydrogen-bond acceptors (Lipinski definition) is 9. The van der Waals surface area contributed by atoms with Gasteiger partial charge in [-0.25, -0.2) is 0 Å². The maximum absolute atomic E-state index is 12.4. The van der Waals surface area contributed by atoms with Crippen molar-refractivity contribution in [3.8, 4) is 11.5 Å². The molecule has 0 radical (unpaired) electrons. The van der Waals surface area contributed by atoms with Gasteiger partial charge in [-0.3, -0.25) is 4.79 Å². The number of ether oxygens (including phenoxy) is 3. The number of aromatic nitrogens is 2. The molecular weight excluding hydrogens is 376 g/mol. The normalized spacial score (nSPS) is 11.7. The predicted octanol–water partition coefficient (Wildman–Crippen LogP) is 2.73. The standard InChI is InChI=1S/C16H22N4O4S2/c1-10(25-16-20-19-15(26-16)17-7-8-22-2)14(21)18-11-5-6-12(23-3)13(9-11)24-4/h5-6,9-10H,7-8H2,1-4H3,(H,17,19)(H,18,21)/t10-/m1/s1. The number of hydrogen-bond donors (Lipinski definition) is 2. The summed E-state index contributed by atoms with van der Waals surface area (Å²) in [6.45, 7) is 3.07. The van der Waals surface area contributed by atoms with Gasteiger partial charge >= 0.3 is 0 Å². The lowest BCUT2D eigenvalue weighted by atomic mass is 10.2. The van der Waals surface area contributed by atoms with Gasteiger partial charge in [0.05, 0.1) is 26.1 Å². The topological polar surface area (TPSA) is 94.6 Å². The monoisotopic (exact) mass is 398 g/mol. The van der Waals surface area contributed by atoms with Crippen LogP contribution in [0.2, 0.25) is 0 Å². The highest BCUT2D eigenvalue weighted by Gasteiger charge is 2.18. The lowest BCUT2D eigenvalue weighted by Gasteiger charge is -2.13. The Morgan fingerprint density at radius 1 is 1.23 bits per heavy atom. The SMILES string of the molecule is COCCNc1nnc(S[C@H](C)C(=O)Nc2ccc(OC)c(OC)c2)s1. The number of thioether (sulfide) groups is 1. The first-order chi connectivity index (χ1) is 12.6. The summed E-state index contributed by atoms with van der Waals surface area (Å²) in [5, 5.41) is 14.5. The van der Waals surface area contributed by atoms with E-state index in [0.717, 1.165) is 4.34 Å². The molecule has 0 aliphatic carbocycles. The third-order valence-corrected chi connectivity index (χ3v) is 5.35. The molecule has 0 aliphatic heterocycles. The molecule has 142 valence electrons. The van der Waals surface area contributed by atoms with Crippen molar-refractivity contribution in [2.45, 2.75) is 16.5 Å². The van der Waals surface area contributed by atoms with Gasteiger partial charge in [-0.2, -0.15) is 0 Å². The number of carbonyl (C=O) groups is 1. The van der Waals surface area contributed by atoms with Gasteiger partial charge < -0.3 is 24.8 Å². The molecule has 1 atom stereocenters. The molecule has 2 aromatic rings. The van der Waals surface area contributed by atoms with E-state index in [9.17, 15) is 4.79 Å². The highest BCUT2D eigenvalue weighted by molar-refractivity contribution is 8.02. The molecule has 0 saturated heterocycles. The predicted molar refractivity (Wildman–Crippen MR) is 104 cm³/mol. The van der Waals surface area contributed by atoms with E-state index in [1.54, 1.807) is 39.5 Å². The van der Waals surface area contributed by atoms with Crippen molar-refractivity contribution in [1.29, 1.82) is 0 Å². The number of nitrogens with zero attached hydrogens (tertiary/aromatic N) is 2. The van der Waals surface area contributed by atoms with Crippen LogP contribution < -0.4 is 20.1 Å². The molecule has 0 aliphatic rings. The Morgan fingerprint density at radius 3 is 2.69 bits per heavy atom. The zero-order valence-electron chi connectivity index (χ0n) is 15.1. The number of anilines is 2. The average molecular weight is 399 g/mol. The Kier molecular flexibility index (Phi) is 7.95. The van der Waals surface area contributed by atoms with Crippen molar-refractivity contribution < 1.29 is 19.0 Å². The summed E-state index contributed by atoms with van der Waals surface area (Å²) in [6.07, 6.45) is 0. The molecule has 1 aromatic heterocycles. The van der Waals surface area contributed by atoms with Crippen LogP contribution in [0, 0.1) is 0 Å². The zero-order chi connectivity index (χ0) is 18.9. The maximum Gasteiger partial charge on any atom is 0.237 e. The van der Waals surface area contributed by atoms with E-state index in [-0.39, 0.29) is 11.2 Å². The Labute approximate surface area is 160 Å². The number of carbonyl (C=O) groups excluding carboxylic acids is 1. The minimum atomic E-state index is -0.331. The second-order valence-corrected chi connectivity index (χ2v) is 7.68. The third kappa shape index (κ3) is 5.75. The van der Waals surface area contributed by atoms with Crippen LogP contribution in [0.5, 0.6) is 11.5 Å². The third-order valence-electron chi connectivity index (χ3n) is 3.29. The van der Waals surface area contributed by atoms with Crippen LogP contribution in [-0.4, -0.2) is 55.8 Å². The van der Waals surface area contributed by atoms with Crippen LogP contribution in [0.1, 0.15) is 6.92 Å². The van der Waals surface area contributed by atoms with Crippen LogP contribution in [0.3, 0.4) is 0 Å². The second-order valence-electron chi connectivity index (χ2n) is 5.11. The number of nitrogens with one attached hydrogen (secondary N) is 2. The molecule has 1 amide bonds. The molecule has 0 unspecified atom stereocenters. The minimum absolute atomic E-state index is 0.133. The van der Waals surface area contributed by atoms with Crippen molar-refractivity contribution in [3.05, 3.63) is 18.2 Å². The average Bonchev–Trinajstić information content (AvgIpc) is 3.09. The molecule has 0 bridgehead atoms. The molecule has 2 N–H and O–H groups in total. The van der Waals surface area contributed by atoms with Gasteiger partial charge in [0, 0.05) is 25.4 Å². The van der Waals surface area contributed by atoms with Crippen molar-refractivity contribution in [2.24, 2.45) is 0 Å². The van der Waals surface area contributed by atoms with Gasteiger partial charge in [0.15, 0.2) is 15.8 Å². The molecule has 1 heterocycles. The summed E-state index contributed by atoms with van der Waals surface area (Å²) in [6, 6.07) is 5.23. The highest BCUT2D eigenvalue weighted by atomic mass is 32.2. The number of methoxy groups -OCH3 is 3. The van der Waals surface area contributed by atoms with E-state index in [2.05, 4.69) is 20.8 Å². The van der Waals surface area contributed by atoms with Gasteiger partial charge in [-0.05, 0) is 19.1 Å². The Balaban J connectivity index is 1.91. The summed E-state index contributed by atoms with van der Waals surface area (Å²) < 4.78 is 16.1. The quantitative estimate of drug-likeness (QED) is 0.466. The molecular formula is C16H22N4O4S2. The van der Waals surface area contributed by atoms with Crippen LogP contribution in [0.15, 0.2) is 22.5 Å². The smallest absolute Gasteiger partial charge is 0.237 e. The Bertz CT molecular complexity index is 726. The lowest BCUT2D eigenvalue weighted by molar-refractivity contribution is -0.115. The highest BCUT2D eigenvalue weighted by Crippen LogP contribution is 2.31. The van der Waals surface area contributed by atoms with E-state index >= 15 is 0 Å². The largest absolute Gasteiger partial charge is 0.493 e. The maximum atomic E-state index is 12.4. The first kappa shape index (κ1) is 20.3. The fourth-order valence-corrected chi connectivity index (χ4v) is 3.87. The van der Waals surface area contributed by atoms with Gasteiger partial charge in [0.2, 0.25) is 11.0 Å². The molecule has 8 nitrogen and oxygen atoms in total. The van der Waals surface area contributed by atoms with E-state index in [4.69, 9.17) is 14.2 Å². The first-order valence-corrected chi connectivity index (χ1v) is 9.52. The van der Waals surface area contributed by atoms with Crippen molar-refractivity contribution in [2.75, 3.05) is 45.1 Å².